The number of hydrogen-bond donors (Lipinski definition) is 0. The van der Waals surface area contributed by atoms with E-state index >= 15 is 0 Å². The smallest absolute Gasteiger partial charge is 0.349 e. The molecule has 8 heteroatoms. The number of methoxy groups -OCH3 is 1. The zero-order chi connectivity index (χ0) is 20.8. The molecule has 0 bridgehead atoms. The van der Waals surface area contributed by atoms with Gasteiger partial charge in [-0.3, -0.25) is 0 Å². The van der Waals surface area contributed by atoms with Crippen molar-refractivity contribution in [3.8, 4) is 23.3 Å². The van der Waals surface area contributed by atoms with Gasteiger partial charge in [-0.15, -0.1) is 10.2 Å². The molecule has 7 nitrogen and oxygen atoms in total. The van der Waals surface area contributed by atoms with Crippen LogP contribution >= 0.6 is 0 Å². The van der Waals surface area contributed by atoms with E-state index in [0.717, 1.165) is 0 Å². The lowest BCUT2D eigenvalue weighted by atomic mass is 10.1. The molecule has 3 aromatic rings. The number of nitrogens with zero attached hydrogens (tertiary/aromatic N) is 3. The standard InChI is InChI=1S/C21H16FN3O4/c1-13(19-24-25-20(29-19)15-5-7-17(22)8-6-15)28-21(26)16(12-23)11-14-3-9-18(27-2)10-4-14/h3-11,13H,1-2H3/b16-11+/t13-/m0/s1. The van der Waals surface area contributed by atoms with Gasteiger partial charge in [0.05, 0.1) is 7.11 Å². The molecule has 0 unspecified atom stereocenters. The molecule has 0 aliphatic heterocycles. The zero-order valence-corrected chi connectivity index (χ0v) is 15.6. The second kappa shape index (κ2) is 8.80. The Morgan fingerprint density at radius 3 is 2.48 bits per heavy atom. The van der Waals surface area contributed by atoms with Crippen LogP contribution in [0.2, 0.25) is 0 Å². The number of nitriles is 1. The maximum atomic E-state index is 13.0. The van der Waals surface area contributed by atoms with E-state index in [-0.39, 0.29) is 23.2 Å². The van der Waals surface area contributed by atoms with Crippen LogP contribution in [0.5, 0.6) is 5.75 Å². The largest absolute Gasteiger partial charge is 0.497 e. The Hall–Kier alpha value is -3.99. The summed E-state index contributed by atoms with van der Waals surface area (Å²) in [7, 11) is 1.54. The predicted molar refractivity (Wildman–Crippen MR) is 101 cm³/mol. The fourth-order valence-corrected chi connectivity index (χ4v) is 2.39. The van der Waals surface area contributed by atoms with E-state index in [0.29, 0.717) is 16.9 Å². The van der Waals surface area contributed by atoms with Gasteiger partial charge >= 0.3 is 5.97 Å². The molecule has 0 saturated heterocycles. The fraction of sp³-hybridized carbons (Fsp3) is 0.143. The Balaban J connectivity index is 1.71. The lowest BCUT2D eigenvalue weighted by Crippen LogP contribution is -2.11. The first-order chi connectivity index (χ1) is 14.0. The van der Waals surface area contributed by atoms with Gasteiger partial charge in [-0.05, 0) is 55.0 Å². The highest BCUT2D eigenvalue weighted by Gasteiger charge is 2.21. The Morgan fingerprint density at radius 2 is 1.86 bits per heavy atom. The van der Waals surface area contributed by atoms with E-state index in [2.05, 4.69) is 10.2 Å². The molecule has 29 heavy (non-hydrogen) atoms. The van der Waals surface area contributed by atoms with Crippen LogP contribution in [0.15, 0.2) is 58.5 Å². The van der Waals surface area contributed by atoms with Crippen molar-refractivity contribution in [2.24, 2.45) is 0 Å². The van der Waals surface area contributed by atoms with Gasteiger partial charge in [-0.25, -0.2) is 9.18 Å². The van der Waals surface area contributed by atoms with Crippen molar-refractivity contribution in [2.75, 3.05) is 7.11 Å². The number of carbonyl (C=O) groups is 1. The zero-order valence-electron chi connectivity index (χ0n) is 15.6. The summed E-state index contributed by atoms with van der Waals surface area (Å²) >= 11 is 0. The number of aromatic nitrogens is 2. The van der Waals surface area contributed by atoms with Crippen molar-refractivity contribution in [1.82, 2.24) is 10.2 Å². The highest BCUT2D eigenvalue weighted by atomic mass is 19.1. The molecule has 0 aliphatic rings. The average molecular weight is 393 g/mol. The van der Waals surface area contributed by atoms with Crippen LogP contribution in [-0.4, -0.2) is 23.3 Å². The van der Waals surface area contributed by atoms with Gasteiger partial charge in [0.1, 0.15) is 23.2 Å². The van der Waals surface area contributed by atoms with Crippen LogP contribution in [0.25, 0.3) is 17.5 Å². The maximum absolute atomic E-state index is 13.0. The number of ether oxygens (including phenoxy) is 2. The molecule has 1 atom stereocenters. The summed E-state index contributed by atoms with van der Waals surface area (Å²) in [6, 6.07) is 14.2. The lowest BCUT2D eigenvalue weighted by molar-refractivity contribution is -0.144. The number of carbonyl (C=O) groups excluding carboxylic acids is 1. The maximum Gasteiger partial charge on any atom is 0.349 e. The second-order valence-corrected chi connectivity index (χ2v) is 5.94. The van der Waals surface area contributed by atoms with Crippen molar-refractivity contribution in [1.29, 1.82) is 5.26 Å². The van der Waals surface area contributed by atoms with Crippen molar-refractivity contribution >= 4 is 12.0 Å². The first-order valence-corrected chi connectivity index (χ1v) is 8.56. The number of halogens is 1. The van der Waals surface area contributed by atoms with Crippen molar-refractivity contribution in [3.05, 3.63) is 71.4 Å². The fourth-order valence-electron chi connectivity index (χ4n) is 2.39. The molecule has 0 aliphatic carbocycles. The molecule has 1 heterocycles. The van der Waals surface area contributed by atoms with Crippen LogP contribution in [0.4, 0.5) is 4.39 Å². The van der Waals surface area contributed by atoms with Crippen LogP contribution in [-0.2, 0) is 9.53 Å². The number of rotatable bonds is 6. The van der Waals surface area contributed by atoms with E-state index in [1.807, 2.05) is 6.07 Å². The van der Waals surface area contributed by atoms with Gasteiger partial charge < -0.3 is 13.9 Å². The topological polar surface area (TPSA) is 98.2 Å². The summed E-state index contributed by atoms with van der Waals surface area (Å²) in [5, 5.41) is 17.0. The summed E-state index contributed by atoms with van der Waals surface area (Å²) < 4.78 is 28.8. The normalized spacial score (nSPS) is 12.1. The molecule has 0 saturated carbocycles. The number of benzene rings is 2. The highest BCUT2D eigenvalue weighted by Crippen LogP contribution is 2.23. The summed E-state index contributed by atoms with van der Waals surface area (Å²) in [6.45, 7) is 1.54. The van der Waals surface area contributed by atoms with Crippen LogP contribution in [0.1, 0.15) is 24.5 Å². The molecule has 146 valence electrons. The van der Waals surface area contributed by atoms with E-state index in [9.17, 15) is 14.4 Å². The molecular formula is C21H16FN3O4. The van der Waals surface area contributed by atoms with Crippen LogP contribution < -0.4 is 4.74 Å². The van der Waals surface area contributed by atoms with E-state index in [1.54, 1.807) is 38.3 Å². The Labute approximate surface area is 166 Å². The molecule has 0 spiro atoms. The predicted octanol–water partition coefficient (Wildman–Crippen LogP) is 4.10. The molecule has 1 aromatic heterocycles. The molecule has 0 N–H and O–H groups in total. The van der Waals surface area contributed by atoms with E-state index in [4.69, 9.17) is 13.9 Å². The Morgan fingerprint density at radius 1 is 1.17 bits per heavy atom. The van der Waals surface area contributed by atoms with Gasteiger partial charge in [0.25, 0.3) is 5.89 Å². The van der Waals surface area contributed by atoms with Gasteiger partial charge in [-0.2, -0.15) is 5.26 Å². The third-order valence-corrected chi connectivity index (χ3v) is 3.93. The summed E-state index contributed by atoms with van der Waals surface area (Å²) in [5.74, 6) is -0.331. The minimum absolute atomic E-state index is 0.0550. The first-order valence-electron chi connectivity index (χ1n) is 8.56. The quantitative estimate of drug-likeness (QED) is 0.353. The van der Waals surface area contributed by atoms with Crippen molar-refractivity contribution < 1.29 is 23.1 Å². The van der Waals surface area contributed by atoms with E-state index < -0.39 is 12.1 Å². The number of hydrogen-bond acceptors (Lipinski definition) is 7. The third kappa shape index (κ3) is 4.84. The molecule has 2 aromatic carbocycles. The Kier molecular flexibility index (Phi) is 6.00. The van der Waals surface area contributed by atoms with Crippen LogP contribution in [0.3, 0.4) is 0 Å². The molecule has 3 rings (SSSR count). The van der Waals surface area contributed by atoms with Gasteiger partial charge in [0, 0.05) is 5.56 Å². The summed E-state index contributed by atoms with van der Waals surface area (Å²) in [5.41, 5.74) is 0.990. The molecule has 0 amide bonds. The van der Waals surface area contributed by atoms with Gasteiger partial charge in [-0.1, -0.05) is 12.1 Å². The lowest BCUT2D eigenvalue weighted by Gasteiger charge is -2.08. The minimum atomic E-state index is -0.878. The minimum Gasteiger partial charge on any atom is -0.497 e. The summed E-state index contributed by atoms with van der Waals surface area (Å²) in [4.78, 5) is 12.3. The first kappa shape index (κ1) is 19.8. The molecular weight excluding hydrogens is 377 g/mol. The number of esters is 1. The monoisotopic (exact) mass is 393 g/mol. The van der Waals surface area contributed by atoms with Gasteiger partial charge in [0.2, 0.25) is 5.89 Å². The molecule has 0 fully saturated rings. The SMILES string of the molecule is COc1ccc(/C=C(\C#N)C(=O)O[C@@H](C)c2nnc(-c3ccc(F)cc3)o2)cc1. The third-order valence-electron chi connectivity index (χ3n) is 3.93. The highest BCUT2D eigenvalue weighted by molar-refractivity contribution is 5.98. The van der Waals surface area contributed by atoms with Crippen molar-refractivity contribution in [3.63, 3.8) is 0 Å². The molecule has 0 radical (unpaired) electrons. The second-order valence-electron chi connectivity index (χ2n) is 5.94. The van der Waals surface area contributed by atoms with E-state index in [1.165, 1.54) is 30.3 Å². The van der Waals surface area contributed by atoms with Gasteiger partial charge in [0.15, 0.2) is 6.10 Å². The summed E-state index contributed by atoms with van der Waals surface area (Å²) in [6.07, 6.45) is 0.531. The Bertz CT molecular complexity index is 1070. The average Bonchev–Trinajstić information content (AvgIpc) is 3.23. The van der Waals surface area contributed by atoms with Crippen molar-refractivity contribution in [2.45, 2.75) is 13.0 Å². The van der Waals surface area contributed by atoms with Crippen LogP contribution in [0, 0.1) is 17.1 Å².